The largest absolute Gasteiger partial charge is 0.410 e. The lowest BCUT2D eigenvalue weighted by molar-refractivity contribution is 0.210. The Balaban J connectivity index is 3.10. The predicted molar refractivity (Wildman–Crippen MR) is 52.1 cm³/mol. The van der Waals surface area contributed by atoms with Gasteiger partial charge in [0.1, 0.15) is 0 Å². The average Bonchev–Trinajstić information content (AvgIpc) is 2.06. The second kappa shape index (κ2) is 4.05. The second-order valence-electron chi connectivity index (χ2n) is 1.96. The molecule has 0 saturated carbocycles. The molecule has 0 spiro atoms. The fraction of sp³-hybridized carbons (Fsp3) is 0. The number of hydrogen-bond acceptors (Lipinski definition) is 3. The molecule has 70 valence electrons. The van der Waals surface area contributed by atoms with Crippen LogP contribution in [0.5, 0.6) is 5.75 Å². The van der Waals surface area contributed by atoms with Crippen molar-refractivity contribution in [1.29, 1.82) is 0 Å². The molecule has 0 radical (unpaired) electrons. The molecule has 1 aromatic heterocycles. The molecule has 0 saturated heterocycles. The third-order valence-electron chi connectivity index (χ3n) is 1.10. The monoisotopic (exact) mass is 316 g/mol. The van der Waals surface area contributed by atoms with E-state index < -0.39 is 11.9 Å². The van der Waals surface area contributed by atoms with Crippen LogP contribution in [0.2, 0.25) is 5.15 Å². The van der Waals surface area contributed by atoms with E-state index in [1.54, 1.807) is 22.6 Å². The zero-order valence-electron chi connectivity index (χ0n) is 6.05. The standard InChI is InChI=1S/C6H3ClFIN2O2/c7-5-3(8)4(9)2(1-11-5)13-6(10)12/h1H,(H2,10,12). The Morgan fingerprint density at radius 2 is 2.38 bits per heavy atom. The van der Waals surface area contributed by atoms with E-state index in [0.717, 1.165) is 6.20 Å². The molecule has 1 rings (SSSR count). The summed E-state index contributed by atoms with van der Waals surface area (Å²) in [7, 11) is 0. The van der Waals surface area contributed by atoms with Gasteiger partial charge in [-0.25, -0.2) is 14.2 Å². The van der Waals surface area contributed by atoms with Gasteiger partial charge in [0.25, 0.3) is 0 Å². The summed E-state index contributed by atoms with van der Waals surface area (Å²) in [4.78, 5) is 13.8. The van der Waals surface area contributed by atoms with Gasteiger partial charge in [-0.2, -0.15) is 0 Å². The van der Waals surface area contributed by atoms with Gasteiger partial charge in [-0.05, 0) is 22.6 Å². The summed E-state index contributed by atoms with van der Waals surface area (Å²) in [6.07, 6.45) is 0.0965. The molecule has 1 amide bonds. The van der Waals surface area contributed by atoms with Gasteiger partial charge in [-0.1, -0.05) is 11.6 Å². The lowest BCUT2D eigenvalue weighted by atomic mass is 10.4. The number of aromatic nitrogens is 1. The van der Waals surface area contributed by atoms with Crippen molar-refractivity contribution in [2.75, 3.05) is 0 Å². The van der Waals surface area contributed by atoms with Gasteiger partial charge in [0.05, 0.1) is 9.77 Å². The van der Waals surface area contributed by atoms with Gasteiger partial charge in [-0.3, -0.25) is 0 Å². The number of halogens is 3. The van der Waals surface area contributed by atoms with Crippen LogP contribution in [0.3, 0.4) is 0 Å². The Kier molecular flexibility index (Phi) is 3.26. The fourth-order valence-electron chi connectivity index (χ4n) is 0.607. The molecular formula is C6H3ClFIN2O2. The molecule has 4 nitrogen and oxygen atoms in total. The summed E-state index contributed by atoms with van der Waals surface area (Å²) < 4.78 is 17.5. The molecule has 0 aliphatic rings. The third-order valence-corrected chi connectivity index (χ3v) is 2.36. The van der Waals surface area contributed by atoms with Crippen LogP contribution < -0.4 is 10.5 Å². The molecule has 2 N–H and O–H groups in total. The van der Waals surface area contributed by atoms with Gasteiger partial charge in [0.2, 0.25) is 0 Å². The number of rotatable bonds is 1. The maximum atomic E-state index is 13.0. The maximum Gasteiger partial charge on any atom is 0.410 e. The molecule has 1 heterocycles. The van der Waals surface area contributed by atoms with E-state index in [9.17, 15) is 9.18 Å². The molecule has 1 aromatic rings. The molecule has 0 aliphatic carbocycles. The number of ether oxygens (including phenoxy) is 1. The SMILES string of the molecule is NC(=O)Oc1cnc(Cl)c(F)c1I. The van der Waals surface area contributed by atoms with Crippen LogP contribution in [0.4, 0.5) is 9.18 Å². The minimum absolute atomic E-state index is 0.0463. The highest BCUT2D eigenvalue weighted by atomic mass is 127. The van der Waals surface area contributed by atoms with Crippen LogP contribution in [-0.4, -0.2) is 11.1 Å². The van der Waals surface area contributed by atoms with E-state index in [1.165, 1.54) is 0 Å². The Bertz CT molecular complexity index is 361. The quantitative estimate of drug-likeness (QED) is 0.636. The zero-order valence-corrected chi connectivity index (χ0v) is 8.97. The van der Waals surface area contributed by atoms with Crippen LogP contribution in [0.15, 0.2) is 6.20 Å². The first kappa shape index (κ1) is 10.5. The lowest BCUT2D eigenvalue weighted by Crippen LogP contribution is -2.17. The number of hydrogen-bond donors (Lipinski definition) is 1. The molecule has 0 aromatic carbocycles. The summed E-state index contributed by atoms with van der Waals surface area (Å²) >= 11 is 6.99. The minimum Gasteiger partial charge on any atom is -0.408 e. The van der Waals surface area contributed by atoms with Crippen molar-refractivity contribution in [3.63, 3.8) is 0 Å². The van der Waals surface area contributed by atoms with E-state index in [1.807, 2.05) is 0 Å². The lowest BCUT2D eigenvalue weighted by Gasteiger charge is -2.03. The molecule has 7 heteroatoms. The fourth-order valence-corrected chi connectivity index (χ4v) is 1.41. The summed E-state index contributed by atoms with van der Waals surface area (Å²) in [5.41, 5.74) is 4.73. The summed E-state index contributed by atoms with van der Waals surface area (Å²) in [6, 6.07) is 0. The highest BCUT2D eigenvalue weighted by Crippen LogP contribution is 2.26. The van der Waals surface area contributed by atoms with E-state index >= 15 is 0 Å². The Labute approximate surface area is 91.4 Å². The van der Waals surface area contributed by atoms with E-state index in [4.69, 9.17) is 17.3 Å². The van der Waals surface area contributed by atoms with Gasteiger partial charge < -0.3 is 10.5 Å². The summed E-state index contributed by atoms with van der Waals surface area (Å²) in [5.74, 6) is -0.781. The van der Waals surface area contributed by atoms with Crippen LogP contribution in [0.1, 0.15) is 0 Å². The first-order chi connectivity index (χ1) is 6.02. The highest BCUT2D eigenvalue weighted by molar-refractivity contribution is 14.1. The topological polar surface area (TPSA) is 65.2 Å². The number of amides is 1. The highest BCUT2D eigenvalue weighted by Gasteiger charge is 2.13. The maximum absolute atomic E-state index is 13.0. The average molecular weight is 316 g/mol. The number of carbonyl (C=O) groups excluding carboxylic acids is 1. The molecule has 0 aliphatic heterocycles. The van der Waals surface area contributed by atoms with Crippen LogP contribution in [0, 0.1) is 9.39 Å². The molecule has 0 unspecified atom stereocenters. The molecule has 13 heavy (non-hydrogen) atoms. The normalized spacial score (nSPS) is 9.77. The van der Waals surface area contributed by atoms with Crippen LogP contribution in [-0.2, 0) is 0 Å². The van der Waals surface area contributed by atoms with E-state index in [-0.39, 0.29) is 14.5 Å². The third kappa shape index (κ3) is 2.41. The van der Waals surface area contributed by atoms with Gasteiger partial charge >= 0.3 is 6.09 Å². The van der Waals surface area contributed by atoms with Crippen molar-refractivity contribution in [3.8, 4) is 5.75 Å². The van der Waals surface area contributed by atoms with Crippen LogP contribution >= 0.6 is 34.2 Å². The smallest absolute Gasteiger partial charge is 0.408 e. The number of carbonyl (C=O) groups is 1. The molecule has 0 fully saturated rings. The van der Waals surface area contributed by atoms with Crippen molar-refractivity contribution in [2.45, 2.75) is 0 Å². The number of nitrogens with two attached hydrogens (primary N) is 1. The summed E-state index contributed by atoms with van der Waals surface area (Å²) in [5, 5.41) is -0.277. The van der Waals surface area contributed by atoms with Crippen molar-refractivity contribution >= 4 is 40.3 Å². The van der Waals surface area contributed by atoms with E-state index in [0.29, 0.717) is 0 Å². The first-order valence-electron chi connectivity index (χ1n) is 2.99. The Morgan fingerprint density at radius 3 is 2.92 bits per heavy atom. The van der Waals surface area contributed by atoms with Crippen molar-refractivity contribution in [1.82, 2.24) is 4.98 Å². The van der Waals surface area contributed by atoms with Gasteiger partial charge in [0.15, 0.2) is 16.7 Å². The predicted octanol–water partition coefficient (Wildman–Crippen LogP) is 1.94. The second-order valence-corrected chi connectivity index (χ2v) is 3.40. The molecular weight excluding hydrogens is 313 g/mol. The molecule has 0 atom stereocenters. The number of nitrogens with zero attached hydrogens (tertiary/aromatic N) is 1. The molecule has 0 bridgehead atoms. The number of pyridine rings is 1. The Hall–Kier alpha value is -0.630. The van der Waals surface area contributed by atoms with Gasteiger partial charge in [-0.15, -0.1) is 0 Å². The van der Waals surface area contributed by atoms with E-state index in [2.05, 4.69) is 9.72 Å². The van der Waals surface area contributed by atoms with Crippen LogP contribution in [0.25, 0.3) is 0 Å². The van der Waals surface area contributed by atoms with Gasteiger partial charge in [0, 0.05) is 0 Å². The van der Waals surface area contributed by atoms with Crippen molar-refractivity contribution in [2.24, 2.45) is 5.73 Å². The van der Waals surface area contributed by atoms with Crippen molar-refractivity contribution < 1.29 is 13.9 Å². The minimum atomic E-state index is -1.03. The van der Waals surface area contributed by atoms with Crippen molar-refractivity contribution in [3.05, 3.63) is 20.7 Å². The number of primary amides is 1. The Morgan fingerprint density at radius 1 is 1.77 bits per heavy atom. The zero-order chi connectivity index (χ0) is 10.0. The first-order valence-corrected chi connectivity index (χ1v) is 4.45. The summed E-state index contributed by atoms with van der Waals surface area (Å²) in [6.45, 7) is 0.